The van der Waals surface area contributed by atoms with Crippen LogP contribution in [0.25, 0.3) is 0 Å². The van der Waals surface area contributed by atoms with E-state index in [-0.39, 0.29) is 19.0 Å². The summed E-state index contributed by atoms with van der Waals surface area (Å²) in [6, 6.07) is 18.7. The predicted molar refractivity (Wildman–Crippen MR) is 148 cm³/mol. The Morgan fingerprint density at radius 1 is 1.03 bits per heavy atom. The van der Waals surface area contributed by atoms with E-state index in [4.69, 9.17) is 28.3 Å². The van der Waals surface area contributed by atoms with E-state index in [0.29, 0.717) is 28.4 Å². The lowest BCUT2D eigenvalue weighted by Crippen LogP contribution is -2.44. The molecule has 2 aromatic carbocycles. The third-order valence-electron chi connectivity index (χ3n) is 5.79. The number of nitrogens with one attached hydrogen (secondary N) is 1. The number of anilines is 2. The summed E-state index contributed by atoms with van der Waals surface area (Å²) in [5.74, 6) is -1.21. The van der Waals surface area contributed by atoms with Gasteiger partial charge in [0.05, 0.1) is 36.0 Å². The van der Waals surface area contributed by atoms with Crippen LogP contribution in [0.2, 0.25) is 0 Å². The minimum atomic E-state index is -1.53. The van der Waals surface area contributed by atoms with Crippen LogP contribution in [0.1, 0.15) is 18.1 Å². The molecular weight excluding hydrogens is 495 g/mol. The number of pyridine rings is 1. The quantitative estimate of drug-likeness (QED) is 0.305. The summed E-state index contributed by atoms with van der Waals surface area (Å²) >= 11 is 0. The van der Waals surface area contributed by atoms with Gasteiger partial charge in [-0.15, -0.1) is 5.11 Å². The topological polar surface area (TPSA) is 128 Å². The number of nitrogens with zero attached hydrogens (tertiary/aromatic N) is 4. The second-order valence-electron chi connectivity index (χ2n) is 8.99. The van der Waals surface area contributed by atoms with Gasteiger partial charge in [0.2, 0.25) is 11.8 Å². The van der Waals surface area contributed by atoms with Crippen LogP contribution in [-0.2, 0) is 23.0 Å². The van der Waals surface area contributed by atoms with Gasteiger partial charge in [0.25, 0.3) is 0 Å². The summed E-state index contributed by atoms with van der Waals surface area (Å²) in [6.45, 7) is 1.06. The number of ether oxygens (including phenoxy) is 1. The molecule has 190 valence electrons. The molecule has 4 rings (SSSR count). The van der Waals surface area contributed by atoms with Gasteiger partial charge in [-0.05, 0) is 35.9 Å². The van der Waals surface area contributed by atoms with Crippen LogP contribution in [0.15, 0.2) is 82.5 Å². The fourth-order valence-electron chi connectivity index (χ4n) is 3.62. The number of rotatable bonds is 10. The number of carbonyl (C=O) groups is 1. The van der Waals surface area contributed by atoms with Crippen molar-refractivity contribution in [2.45, 2.75) is 25.1 Å². The number of aromatic nitrogens is 4. The van der Waals surface area contributed by atoms with Crippen LogP contribution < -0.4 is 21.4 Å². The van der Waals surface area contributed by atoms with E-state index in [1.54, 1.807) is 72.9 Å². The molecule has 0 unspecified atom stereocenters. The molecule has 10 nitrogen and oxygen atoms in total. The van der Waals surface area contributed by atoms with Crippen molar-refractivity contribution < 1.29 is 14.6 Å². The SMILES string of the molecule is [B]C([B])([B])c1ccc(Cn2c(Nc3ccc(Oc4ccccn4)cc3)nc(=O)n(C[C@H](C)C(=O)O)c2=O)cc1. The molecule has 4 aromatic rings. The molecule has 0 spiro atoms. The maximum absolute atomic E-state index is 13.4. The number of benzene rings is 2. The van der Waals surface area contributed by atoms with E-state index in [1.165, 1.54) is 11.5 Å². The van der Waals surface area contributed by atoms with Crippen molar-refractivity contribution in [3.8, 4) is 11.6 Å². The van der Waals surface area contributed by atoms with E-state index in [1.807, 2.05) is 0 Å². The van der Waals surface area contributed by atoms with Gasteiger partial charge in [0.1, 0.15) is 5.75 Å². The first kappa shape index (κ1) is 27.5. The monoisotopic (exact) mass is 517 g/mol. The van der Waals surface area contributed by atoms with E-state index in [9.17, 15) is 19.5 Å². The van der Waals surface area contributed by atoms with Gasteiger partial charge in [0, 0.05) is 24.5 Å². The number of carboxylic acid groups (broad SMARTS) is 1. The summed E-state index contributed by atoms with van der Waals surface area (Å²) < 4.78 is 7.73. The van der Waals surface area contributed by atoms with Crippen LogP contribution in [0.4, 0.5) is 11.6 Å². The Bertz CT molecular complexity index is 1570. The molecule has 0 saturated carbocycles. The van der Waals surface area contributed by atoms with E-state index in [2.05, 4.69) is 15.3 Å². The van der Waals surface area contributed by atoms with Gasteiger partial charge in [-0.3, -0.25) is 9.36 Å². The molecular formula is C26H22B3N5O5. The van der Waals surface area contributed by atoms with Crippen molar-refractivity contribution in [2.24, 2.45) is 5.92 Å². The summed E-state index contributed by atoms with van der Waals surface area (Å²) in [4.78, 5) is 45.7. The Kier molecular flexibility index (Phi) is 8.08. The molecule has 0 aliphatic heterocycles. The van der Waals surface area contributed by atoms with E-state index in [0.717, 1.165) is 4.57 Å². The largest absolute Gasteiger partial charge is 0.481 e. The minimum absolute atomic E-state index is 0.00373. The normalized spacial score (nSPS) is 12.0. The van der Waals surface area contributed by atoms with Gasteiger partial charge in [0.15, 0.2) is 0 Å². The maximum Gasteiger partial charge on any atom is 0.354 e. The van der Waals surface area contributed by atoms with E-state index < -0.39 is 28.4 Å². The van der Waals surface area contributed by atoms with Crippen molar-refractivity contribution in [3.63, 3.8) is 0 Å². The van der Waals surface area contributed by atoms with Gasteiger partial charge in [-0.1, -0.05) is 42.8 Å². The summed E-state index contributed by atoms with van der Waals surface area (Å²) in [6.07, 6.45) is 1.61. The number of carboxylic acids is 1. The highest BCUT2D eigenvalue weighted by Gasteiger charge is 2.19. The highest BCUT2D eigenvalue weighted by molar-refractivity contribution is 6.58. The van der Waals surface area contributed by atoms with Crippen LogP contribution in [0.3, 0.4) is 0 Å². The predicted octanol–water partition coefficient (Wildman–Crippen LogP) is 1.72. The maximum atomic E-state index is 13.4. The molecule has 13 heteroatoms. The minimum Gasteiger partial charge on any atom is -0.481 e. The molecule has 2 heterocycles. The second-order valence-corrected chi connectivity index (χ2v) is 8.99. The Balaban J connectivity index is 1.67. The Hall–Kier alpha value is -4.54. The lowest BCUT2D eigenvalue weighted by Gasteiger charge is -2.21. The fraction of sp³-hybridized carbons (Fsp3) is 0.192. The number of hydrogen-bond donors (Lipinski definition) is 2. The Labute approximate surface area is 227 Å². The zero-order chi connectivity index (χ0) is 28.2. The molecule has 6 radical (unpaired) electrons. The first-order valence-electron chi connectivity index (χ1n) is 11.9. The third-order valence-corrected chi connectivity index (χ3v) is 5.79. The molecule has 2 aromatic heterocycles. The molecule has 0 saturated heterocycles. The van der Waals surface area contributed by atoms with Crippen molar-refractivity contribution in [1.29, 1.82) is 0 Å². The first-order chi connectivity index (χ1) is 18.5. The zero-order valence-corrected chi connectivity index (χ0v) is 21.0. The van der Waals surface area contributed by atoms with Crippen molar-refractivity contribution in [3.05, 3.63) is 105 Å². The van der Waals surface area contributed by atoms with Crippen molar-refractivity contribution in [2.75, 3.05) is 5.32 Å². The molecule has 39 heavy (non-hydrogen) atoms. The number of aliphatic carboxylic acids is 1. The molecule has 0 bridgehead atoms. The molecule has 1 atom stereocenters. The third kappa shape index (κ3) is 6.87. The zero-order valence-electron chi connectivity index (χ0n) is 21.0. The van der Waals surface area contributed by atoms with Crippen molar-refractivity contribution in [1.82, 2.24) is 19.1 Å². The molecule has 0 aliphatic carbocycles. The highest BCUT2D eigenvalue weighted by Crippen LogP contribution is 2.23. The van der Waals surface area contributed by atoms with Crippen LogP contribution in [-0.4, -0.2) is 53.7 Å². The number of hydrogen-bond acceptors (Lipinski definition) is 7. The standard InChI is InChI=1S/C26H22B3N5O5/c1-16(22(35)36)14-34-24(37)32-23(31-19-9-11-20(12-10-19)39-21-4-2-3-13-30-21)33(25(34)38)15-17-5-7-18(8-6-17)26(27,28)29/h2-13,16H,14-15H2,1H3,(H,35,36)(H,31,32,37)/t16-/m0/s1. The average Bonchev–Trinajstić information content (AvgIpc) is 2.90. The van der Waals surface area contributed by atoms with Gasteiger partial charge in [-0.2, -0.15) is 4.98 Å². The first-order valence-corrected chi connectivity index (χ1v) is 11.9. The highest BCUT2D eigenvalue weighted by atomic mass is 16.5. The van der Waals surface area contributed by atoms with Crippen LogP contribution in [0, 0.1) is 5.92 Å². The van der Waals surface area contributed by atoms with Gasteiger partial charge >= 0.3 is 17.3 Å². The van der Waals surface area contributed by atoms with Crippen LogP contribution >= 0.6 is 0 Å². The second kappa shape index (κ2) is 11.5. The lowest BCUT2D eigenvalue weighted by atomic mass is 9.40. The summed E-state index contributed by atoms with van der Waals surface area (Å²) in [7, 11) is 17.2. The Morgan fingerprint density at radius 2 is 1.72 bits per heavy atom. The average molecular weight is 517 g/mol. The smallest absolute Gasteiger partial charge is 0.354 e. The summed E-state index contributed by atoms with van der Waals surface area (Å²) in [5, 5.41) is 10.7. The van der Waals surface area contributed by atoms with Gasteiger partial charge < -0.3 is 15.2 Å². The molecule has 0 aliphatic rings. The lowest BCUT2D eigenvalue weighted by molar-refractivity contribution is -0.141. The molecule has 2 N–H and O–H groups in total. The van der Waals surface area contributed by atoms with E-state index >= 15 is 0 Å². The van der Waals surface area contributed by atoms with Gasteiger partial charge in [-0.25, -0.2) is 19.1 Å². The Morgan fingerprint density at radius 3 is 2.31 bits per heavy atom. The molecule has 0 fully saturated rings. The van der Waals surface area contributed by atoms with Crippen molar-refractivity contribution >= 4 is 41.1 Å². The fourth-order valence-corrected chi connectivity index (χ4v) is 3.62. The molecule has 0 amide bonds. The van der Waals surface area contributed by atoms with Crippen LogP contribution in [0.5, 0.6) is 11.6 Å². The summed E-state index contributed by atoms with van der Waals surface area (Å²) in [5.41, 5.74) is 0.0514.